The maximum atomic E-state index is 14.5. The molecule has 0 fully saturated rings. The number of rotatable bonds is 7. The Kier molecular flexibility index (Phi) is 7.22. The number of hydrogen-bond donors (Lipinski definition) is 4. The Balaban J connectivity index is 1.91. The summed E-state index contributed by atoms with van der Waals surface area (Å²) >= 11 is 5.79. The smallest absolute Gasteiger partial charge is 0.232 e. The van der Waals surface area contributed by atoms with Crippen LogP contribution in [0.2, 0.25) is 5.02 Å². The molecule has 1 amide bonds. The van der Waals surface area contributed by atoms with E-state index in [-0.39, 0.29) is 18.0 Å². The highest BCUT2D eigenvalue weighted by Crippen LogP contribution is 2.32. The van der Waals surface area contributed by atoms with Gasteiger partial charge in [-0.1, -0.05) is 41.9 Å². The van der Waals surface area contributed by atoms with Crippen molar-refractivity contribution in [3.8, 4) is 0 Å². The van der Waals surface area contributed by atoms with Gasteiger partial charge in [0.1, 0.15) is 11.6 Å². The third-order valence-electron chi connectivity index (χ3n) is 5.05. The van der Waals surface area contributed by atoms with Crippen LogP contribution >= 0.6 is 11.6 Å². The SMILES string of the molecule is NCC[C@@H](C(=O)Nc1ccc(N)c(C(N)c2ccccc2)c1)c1c(F)ccc(Cl)c1F. The molecule has 0 saturated heterocycles. The van der Waals surface area contributed by atoms with Crippen LogP contribution in [0.3, 0.4) is 0 Å². The molecular weight excluding hydrogens is 422 g/mol. The summed E-state index contributed by atoms with van der Waals surface area (Å²) in [4.78, 5) is 12.9. The molecule has 162 valence electrons. The van der Waals surface area contributed by atoms with Crippen LogP contribution in [-0.2, 0) is 4.79 Å². The van der Waals surface area contributed by atoms with Crippen molar-refractivity contribution in [1.29, 1.82) is 0 Å². The lowest BCUT2D eigenvalue weighted by Gasteiger charge is -2.20. The van der Waals surface area contributed by atoms with Crippen LogP contribution in [0, 0.1) is 11.6 Å². The van der Waals surface area contributed by atoms with Crippen LogP contribution in [0.5, 0.6) is 0 Å². The summed E-state index contributed by atoms with van der Waals surface area (Å²) in [5.41, 5.74) is 19.9. The molecule has 0 radical (unpaired) electrons. The second-order valence-electron chi connectivity index (χ2n) is 7.11. The minimum Gasteiger partial charge on any atom is -0.398 e. The molecule has 8 heteroatoms. The number of hydrogen-bond acceptors (Lipinski definition) is 4. The maximum absolute atomic E-state index is 14.5. The quantitative estimate of drug-likeness (QED) is 0.321. The predicted octanol–water partition coefficient (Wildman–Crippen LogP) is 4.32. The van der Waals surface area contributed by atoms with Gasteiger partial charge in [-0.3, -0.25) is 4.79 Å². The van der Waals surface area contributed by atoms with Crippen LogP contribution in [0.25, 0.3) is 0 Å². The monoisotopic (exact) mass is 444 g/mol. The van der Waals surface area contributed by atoms with Crippen molar-refractivity contribution >= 4 is 28.9 Å². The molecule has 0 bridgehead atoms. The zero-order chi connectivity index (χ0) is 22.5. The highest BCUT2D eigenvalue weighted by molar-refractivity contribution is 6.30. The summed E-state index contributed by atoms with van der Waals surface area (Å²) in [6, 6.07) is 15.8. The first-order valence-electron chi connectivity index (χ1n) is 9.67. The van der Waals surface area contributed by atoms with Gasteiger partial charge in [0.25, 0.3) is 0 Å². The average molecular weight is 445 g/mol. The number of amides is 1. The van der Waals surface area contributed by atoms with Gasteiger partial charge >= 0.3 is 0 Å². The zero-order valence-corrected chi connectivity index (χ0v) is 17.4. The average Bonchev–Trinajstić information content (AvgIpc) is 2.77. The van der Waals surface area contributed by atoms with E-state index in [1.165, 1.54) is 0 Å². The molecule has 0 aromatic heterocycles. The molecule has 1 unspecified atom stereocenters. The van der Waals surface area contributed by atoms with Gasteiger partial charge in [-0.05, 0) is 54.4 Å². The first-order chi connectivity index (χ1) is 14.8. The maximum Gasteiger partial charge on any atom is 0.232 e. The van der Waals surface area contributed by atoms with Gasteiger partial charge in [0.15, 0.2) is 0 Å². The van der Waals surface area contributed by atoms with Gasteiger partial charge in [-0.25, -0.2) is 8.78 Å². The van der Waals surface area contributed by atoms with E-state index in [9.17, 15) is 13.6 Å². The van der Waals surface area contributed by atoms with E-state index >= 15 is 0 Å². The van der Waals surface area contributed by atoms with Gasteiger partial charge in [0, 0.05) is 16.9 Å². The Labute approximate surface area is 184 Å². The Morgan fingerprint density at radius 3 is 2.45 bits per heavy atom. The van der Waals surface area contributed by atoms with Crippen LogP contribution in [0.4, 0.5) is 20.2 Å². The van der Waals surface area contributed by atoms with Crippen molar-refractivity contribution < 1.29 is 13.6 Å². The van der Waals surface area contributed by atoms with Crippen molar-refractivity contribution in [3.63, 3.8) is 0 Å². The molecule has 0 heterocycles. The Morgan fingerprint density at radius 2 is 1.77 bits per heavy atom. The first kappa shape index (κ1) is 22.7. The van der Waals surface area contributed by atoms with E-state index in [1.54, 1.807) is 18.2 Å². The summed E-state index contributed by atoms with van der Waals surface area (Å²) in [6.07, 6.45) is 0.0331. The number of nitrogen functional groups attached to an aromatic ring is 1. The number of nitrogens with two attached hydrogens (primary N) is 3. The molecule has 0 aliphatic carbocycles. The largest absolute Gasteiger partial charge is 0.398 e. The molecule has 0 spiro atoms. The van der Waals surface area contributed by atoms with Gasteiger partial charge < -0.3 is 22.5 Å². The summed E-state index contributed by atoms with van der Waals surface area (Å²) in [5.74, 6) is -3.61. The van der Waals surface area contributed by atoms with E-state index in [1.807, 2.05) is 30.3 Å². The number of halogens is 3. The highest BCUT2D eigenvalue weighted by Gasteiger charge is 2.28. The standard InChI is InChI=1S/C23H23ClF2N4O/c24-17-7-8-18(25)20(21(17)26)15(10-11-27)23(31)30-14-6-9-19(28)16(12-14)22(29)13-4-2-1-3-5-13/h1-9,12,15,22H,10-11,27-29H2,(H,30,31)/t15-,22?/m1/s1. The minimum absolute atomic E-state index is 0.0331. The number of nitrogens with one attached hydrogen (secondary N) is 1. The van der Waals surface area contributed by atoms with Crippen LogP contribution < -0.4 is 22.5 Å². The van der Waals surface area contributed by atoms with Crippen molar-refractivity contribution in [2.45, 2.75) is 18.4 Å². The molecule has 0 aliphatic rings. The van der Waals surface area contributed by atoms with E-state index in [0.29, 0.717) is 16.9 Å². The summed E-state index contributed by atoms with van der Waals surface area (Å²) in [6.45, 7) is 0.0509. The lowest BCUT2D eigenvalue weighted by Crippen LogP contribution is -2.25. The van der Waals surface area contributed by atoms with Crippen molar-refractivity contribution in [3.05, 3.63) is 94.0 Å². The van der Waals surface area contributed by atoms with Gasteiger partial charge in [0.2, 0.25) is 5.91 Å². The fourth-order valence-corrected chi connectivity index (χ4v) is 3.59. The predicted molar refractivity (Wildman–Crippen MR) is 120 cm³/mol. The Morgan fingerprint density at radius 1 is 1.06 bits per heavy atom. The normalized spacial score (nSPS) is 12.9. The fourth-order valence-electron chi connectivity index (χ4n) is 3.43. The zero-order valence-electron chi connectivity index (χ0n) is 16.6. The van der Waals surface area contributed by atoms with Gasteiger partial charge in [0.05, 0.1) is 17.0 Å². The van der Waals surface area contributed by atoms with Crippen molar-refractivity contribution in [2.24, 2.45) is 11.5 Å². The van der Waals surface area contributed by atoms with E-state index in [4.69, 9.17) is 28.8 Å². The lowest BCUT2D eigenvalue weighted by molar-refractivity contribution is -0.117. The number of anilines is 2. The molecule has 0 aliphatic heterocycles. The van der Waals surface area contributed by atoms with Crippen LogP contribution in [0.15, 0.2) is 60.7 Å². The molecule has 3 rings (SSSR count). The summed E-state index contributed by atoms with van der Waals surface area (Å²) < 4.78 is 28.9. The lowest BCUT2D eigenvalue weighted by atomic mass is 9.93. The molecule has 3 aromatic carbocycles. The van der Waals surface area contributed by atoms with E-state index < -0.39 is 35.1 Å². The van der Waals surface area contributed by atoms with Crippen LogP contribution in [-0.4, -0.2) is 12.5 Å². The third kappa shape index (κ3) is 5.02. The van der Waals surface area contributed by atoms with Gasteiger partial charge in [-0.15, -0.1) is 0 Å². The number of carbonyl (C=O) groups is 1. The van der Waals surface area contributed by atoms with Crippen molar-refractivity contribution in [2.75, 3.05) is 17.6 Å². The highest BCUT2D eigenvalue weighted by atomic mass is 35.5. The topological polar surface area (TPSA) is 107 Å². The molecular formula is C23H23ClF2N4O. The summed E-state index contributed by atoms with van der Waals surface area (Å²) in [5, 5.41) is 2.42. The van der Waals surface area contributed by atoms with E-state index in [0.717, 1.165) is 17.7 Å². The van der Waals surface area contributed by atoms with Crippen molar-refractivity contribution in [1.82, 2.24) is 0 Å². The van der Waals surface area contributed by atoms with Gasteiger partial charge in [-0.2, -0.15) is 0 Å². The second kappa shape index (κ2) is 9.87. The Hall–Kier alpha value is -3.00. The molecule has 3 aromatic rings. The molecule has 7 N–H and O–H groups in total. The number of carbonyl (C=O) groups excluding carboxylic acids is 1. The third-order valence-corrected chi connectivity index (χ3v) is 5.34. The minimum atomic E-state index is -1.16. The van der Waals surface area contributed by atoms with E-state index in [2.05, 4.69) is 5.32 Å². The molecule has 0 saturated carbocycles. The second-order valence-corrected chi connectivity index (χ2v) is 7.52. The molecule has 5 nitrogen and oxygen atoms in total. The summed E-state index contributed by atoms with van der Waals surface area (Å²) in [7, 11) is 0. The fraction of sp³-hybridized carbons (Fsp3) is 0.174. The molecule has 31 heavy (non-hydrogen) atoms. The number of benzene rings is 3. The van der Waals surface area contributed by atoms with Crippen LogP contribution in [0.1, 0.15) is 35.1 Å². The molecule has 2 atom stereocenters. The Bertz CT molecular complexity index is 1080. The first-order valence-corrected chi connectivity index (χ1v) is 10.1.